The fourth-order valence-corrected chi connectivity index (χ4v) is 2.89. The van der Waals surface area contributed by atoms with E-state index in [9.17, 15) is 14.9 Å². The first-order chi connectivity index (χ1) is 10.3. The van der Waals surface area contributed by atoms with Gasteiger partial charge in [-0.3, -0.25) is 14.9 Å². The van der Waals surface area contributed by atoms with Crippen LogP contribution >= 0.6 is 39.1 Å². The van der Waals surface area contributed by atoms with Crippen molar-refractivity contribution < 1.29 is 9.72 Å². The van der Waals surface area contributed by atoms with E-state index in [0.717, 1.165) is 10.5 Å². The van der Waals surface area contributed by atoms with Gasteiger partial charge in [0, 0.05) is 23.7 Å². The summed E-state index contributed by atoms with van der Waals surface area (Å²) < 4.78 is 0.787. The molecule has 0 radical (unpaired) electrons. The Balaban J connectivity index is 2.37. The van der Waals surface area contributed by atoms with E-state index < -0.39 is 10.8 Å². The number of carbonyl (C=O) groups excluding carboxylic acids is 1. The number of hydrogen-bond donors (Lipinski definition) is 0. The van der Waals surface area contributed by atoms with Gasteiger partial charge < -0.3 is 4.90 Å². The van der Waals surface area contributed by atoms with Crippen LogP contribution in [0.1, 0.15) is 10.4 Å². The van der Waals surface area contributed by atoms with E-state index in [1.54, 1.807) is 25.2 Å². The number of nitro groups is 1. The van der Waals surface area contributed by atoms with Crippen LogP contribution in [0.15, 0.2) is 40.9 Å². The third kappa shape index (κ3) is 3.40. The van der Waals surface area contributed by atoms with E-state index in [1.807, 2.05) is 0 Å². The minimum absolute atomic E-state index is 0.0132. The van der Waals surface area contributed by atoms with Gasteiger partial charge in [0.2, 0.25) is 0 Å². The zero-order valence-corrected chi connectivity index (χ0v) is 14.3. The Morgan fingerprint density at radius 2 is 1.86 bits per heavy atom. The molecule has 2 aromatic carbocycles. The largest absolute Gasteiger partial charge is 0.310 e. The van der Waals surface area contributed by atoms with Gasteiger partial charge in [-0.05, 0) is 24.3 Å². The van der Waals surface area contributed by atoms with Crippen molar-refractivity contribution in [2.45, 2.75) is 0 Å². The highest BCUT2D eigenvalue weighted by Gasteiger charge is 2.20. The molecule has 1 amide bonds. The summed E-state index contributed by atoms with van der Waals surface area (Å²) in [5, 5.41) is 11.1. The lowest BCUT2D eigenvalue weighted by Gasteiger charge is -2.19. The number of carbonyl (C=O) groups is 1. The fraction of sp³-hybridized carbons (Fsp3) is 0.0714. The molecule has 8 heteroatoms. The van der Waals surface area contributed by atoms with E-state index in [1.165, 1.54) is 17.0 Å². The van der Waals surface area contributed by atoms with Gasteiger partial charge in [0.05, 0.1) is 26.2 Å². The van der Waals surface area contributed by atoms with E-state index in [2.05, 4.69) is 15.9 Å². The van der Waals surface area contributed by atoms with Crippen LogP contribution in [0.4, 0.5) is 11.4 Å². The maximum Gasteiger partial charge on any atom is 0.270 e. The zero-order chi connectivity index (χ0) is 16.4. The lowest BCUT2D eigenvalue weighted by Crippen LogP contribution is -2.26. The van der Waals surface area contributed by atoms with Gasteiger partial charge in [-0.25, -0.2) is 0 Å². The monoisotopic (exact) mass is 402 g/mol. The number of rotatable bonds is 3. The maximum absolute atomic E-state index is 12.5. The second kappa shape index (κ2) is 6.64. The van der Waals surface area contributed by atoms with E-state index in [-0.39, 0.29) is 16.3 Å². The van der Waals surface area contributed by atoms with Crippen molar-refractivity contribution in [3.63, 3.8) is 0 Å². The van der Waals surface area contributed by atoms with Gasteiger partial charge in [-0.1, -0.05) is 39.1 Å². The van der Waals surface area contributed by atoms with Gasteiger partial charge in [0.25, 0.3) is 11.6 Å². The minimum Gasteiger partial charge on any atom is -0.310 e. The van der Waals surface area contributed by atoms with Crippen LogP contribution < -0.4 is 4.90 Å². The number of anilines is 1. The minimum atomic E-state index is -0.574. The van der Waals surface area contributed by atoms with Crippen LogP contribution in [0, 0.1) is 10.1 Å². The number of nitro benzene ring substituents is 1. The molecule has 0 aliphatic rings. The molecule has 0 fully saturated rings. The highest BCUT2D eigenvalue weighted by atomic mass is 79.9. The number of halogens is 3. The summed E-state index contributed by atoms with van der Waals surface area (Å²) in [6, 6.07) is 8.80. The Morgan fingerprint density at radius 3 is 2.41 bits per heavy atom. The molecule has 0 aliphatic carbocycles. The van der Waals surface area contributed by atoms with E-state index in [0.29, 0.717) is 10.7 Å². The summed E-state index contributed by atoms with van der Waals surface area (Å²) in [7, 11) is 1.55. The zero-order valence-electron chi connectivity index (χ0n) is 11.2. The summed E-state index contributed by atoms with van der Waals surface area (Å²) in [5.74, 6) is -0.413. The SMILES string of the molecule is CN(C(=O)c1ccc([N+](=O)[O-])cc1Cl)c1ccc(Br)cc1Cl. The van der Waals surface area contributed by atoms with Crippen molar-refractivity contribution in [1.29, 1.82) is 0 Å². The summed E-state index contributed by atoms with van der Waals surface area (Å²) in [4.78, 5) is 23.9. The molecule has 0 saturated carbocycles. The Morgan fingerprint density at radius 1 is 1.18 bits per heavy atom. The summed E-state index contributed by atoms with van der Waals surface area (Å²) >= 11 is 15.4. The predicted molar refractivity (Wildman–Crippen MR) is 90.0 cm³/mol. The standard InChI is InChI=1S/C14H9BrCl2N2O3/c1-18(13-5-2-8(15)6-12(13)17)14(20)10-4-3-9(19(21)22)7-11(10)16/h2-7H,1H3. The Labute approximate surface area is 144 Å². The van der Waals surface area contributed by atoms with Crippen LogP contribution in [0.5, 0.6) is 0 Å². The van der Waals surface area contributed by atoms with Crippen molar-refractivity contribution in [1.82, 2.24) is 0 Å². The molecule has 22 heavy (non-hydrogen) atoms. The molecule has 0 atom stereocenters. The van der Waals surface area contributed by atoms with Crippen molar-refractivity contribution in [3.8, 4) is 0 Å². The molecule has 0 bridgehead atoms. The Bertz CT molecular complexity index is 768. The Kier molecular flexibility index (Phi) is 5.05. The maximum atomic E-state index is 12.5. The third-order valence-corrected chi connectivity index (χ3v) is 4.08. The number of hydrogen-bond acceptors (Lipinski definition) is 3. The summed E-state index contributed by atoms with van der Waals surface area (Å²) in [6.07, 6.45) is 0. The molecule has 114 valence electrons. The molecular formula is C14H9BrCl2N2O3. The average molecular weight is 404 g/mol. The number of benzene rings is 2. The van der Waals surface area contributed by atoms with Crippen LogP contribution in [0.25, 0.3) is 0 Å². The predicted octanol–water partition coefficient (Wildman–Crippen LogP) is 4.94. The number of non-ortho nitro benzene ring substituents is 1. The van der Waals surface area contributed by atoms with Crippen LogP contribution in [-0.2, 0) is 0 Å². The first-order valence-corrected chi connectivity index (χ1v) is 7.53. The number of amides is 1. The molecule has 0 heterocycles. The van der Waals surface area contributed by atoms with Crippen molar-refractivity contribution in [2.24, 2.45) is 0 Å². The van der Waals surface area contributed by atoms with Gasteiger partial charge in [0.1, 0.15) is 0 Å². The smallest absolute Gasteiger partial charge is 0.270 e. The molecule has 0 saturated heterocycles. The summed E-state index contributed by atoms with van der Waals surface area (Å²) in [5.41, 5.74) is 0.490. The molecule has 5 nitrogen and oxygen atoms in total. The average Bonchev–Trinajstić information content (AvgIpc) is 2.45. The van der Waals surface area contributed by atoms with Gasteiger partial charge >= 0.3 is 0 Å². The molecule has 0 aromatic heterocycles. The molecule has 0 unspecified atom stereocenters. The molecule has 0 N–H and O–H groups in total. The normalized spacial score (nSPS) is 10.4. The molecule has 2 rings (SSSR count). The van der Waals surface area contributed by atoms with Crippen molar-refractivity contribution >= 4 is 56.4 Å². The number of nitrogens with zero attached hydrogens (tertiary/aromatic N) is 2. The van der Waals surface area contributed by atoms with Gasteiger partial charge in [-0.2, -0.15) is 0 Å². The first-order valence-electron chi connectivity index (χ1n) is 5.98. The quantitative estimate of drug-likeness (QED) is 0.538. The molecular weight excluding hydrogens is 395 g/mol. The first kappa shape index (κ1) is 16.7. The van der Waals surface area contributed by atoms with E-state index >= 15 is 0 Å². The van der Waals surface area contributed by atoms with Gasteiger partial charge in [0.15, 0.2) is 0 Å². The van der Waals surface area contributed by atoms with Crippen molar-refractivity contribution in [2.75, 3.05) is 11.9 Å². The fourth-order valence-electron chi connectivity index (χ4n) is 1.83. The van der Waals surface area contributed by atoms with E-state index in [4.69, 9.17) is 23.2 Å². The lowest BCUT2D eigenvalue weighted by molar-refractivity contribution is -0.384. The lowest BCUT2D eigenvalue weighted by atomic mass is 10.1. The second-order valence-electron chi connectivity index (χ2n) is 4.38. The molecule has 0 spiro atoms. The van der Waals surface area contributed by atoms with Crippen LogP contribution in [0.3, 0.4) is 0 Å². The van der Waals surface area contributed by atoms with Gasteiger partial charge in [-0.15, -0.1) is 0 Å². The highest BCUT2D eigenvalue weighted by Crippen LogP contribution is 2.30. The Hall–Kier alpha value is -1.63. The molecule has 2 aromatic rings. The van der Waals surface area contributed by atoms with Crippen LogP contribution in [0.2, 0.25) is 10.0 Å². The van der Waals surface area contributed by atoms with Crippen LogP contribution in [-0.4, -0.2) is 17.9 Å². The van der Waals surface area contributed by atoms with Crippen molar-refractivity contribution in [3.05, 3.63) is 66.6 Å². The highest BCUT2D eigenvalue weighted by molar-refractivity contribution is 9.10. The summed E-state index contributed by atoms with van der Waals surface area (Å²) in [6.45, 7) is 0. The molecule has 0 aliphatic heterocycles. The third-order valence-electron chi connectivity index (χ3n) is 2.97. The topological polar surface area (TPSA) is 63.5 Å². The second-order valence-corrected chi connectivity index (χ2v) is 6.11.